The Hall–Kier alpha value is -1.78. The van der Waals surface area contributed by atoms with Gasteiger partial charge in [-0.05, 0) is 38.5 Å². The molecule has 1 fully saturated rings. The largest absolute Gasteiger partial charge is 0.447 e. The van der Waals surface area contributed by atoms with Crippen LogP contribution in [0.3, 0.4) is 0 Å². The number of aryl methyl sites for hydroxylation is 1. The molecular formula is C14H21N3O2. The van der Waals surface area contributed by atoms with E-state index in [9.17, 15) is 4.79 Å². The summed E-state index contributed by atoms with van der Waals surface area (Å²) in [7, 11) is 0. The van der Waals surface area contributed by atoms with E-state index >= 15 is 0 Å². The first kappa shape index (κ1) is 13.6. The Morgan fingerprint density at radius 1 is 1.32 bits per heavy atom. The first-order valence-corrected chi connectivity index (χ1v) is 6.69. The van der Waals surface area contributed by atoms with Gasteiger partial charge in [0.25, 0.3) is 0 Å². The van der Waals surface area contributed by atoms with E-state index in [4.69, 9.17) is 4.74 Å². The number of ether oxygens (including phenoxy) is 1. The first-order chi connectivity index (χ1) is 9.06. The van der Waals surface area contributed by atoms with E-state index in [1.54, 1.807) is 4.90 Å². The summed E-state index contributed by atoms with van der Waals surface area (Å²) in [5, 5.41) is 0. The van der Waals surface area contributed by atoms with Gasteiger partial charge in [0.15, 0.2) is 0 Å². The number of amides is 1. The maximum atomic E-state index is 11.8. The molecule has 2 heterocycles. The van der Waals surface area contributed by atoms with Crippen molar-refractivity contribution >= 4 is 11.9 Å². The molecule has 0 aliphatic carbocycles. The van der Waals surface area contributed by atoms with Crippen molar-refractivity contribution in [2.75, 3.05) is 31.1 Å². The smallest absolute Gasteiger partial charge is 0.410 e. The molecule has 1 aliphatic rings. The Bertz CT molecular complexity index is 440. The van der Waals surface area contributed by atoms with Crippen molar-refractivity contribution in [3.05, 3.63) is 23.9 Å². The second-order valence-electron chi connectivity index (χ2n) is 5.10. The monoisotopic (exact) mass is 263 g/mol. The van der Waals surface area contributed by atoms with Gasteiger partial charge < -0.3 is 14.5 Å². The average Bonchev–Trinajstić information content (AvgIpc) is 2.38. The quantitative estimate of drug-likeness (QED) is 0.819. The van der Waals surface area contributed by atoms with Crippen molar-refractivity contribution in [3.8, 4) is 0 Å². The van der Waals surface area contributed by atoms with Crippen LogP contribution in [0.2, 0.25) is 0 Å². The lowest BCUT2D eigenvalue weighted by Gasteiger charge is -2.35. The zero-order valence-corrected chi connectivity index (χ0v) is 11.8. The molecule has 19 heavy (non-hydrogen) atoms. The fourth-order valence-corrected chi connectivity index (χ4v) is 2.09. The van der Waals surface area contributed by atoms with Gasteiger partial charge in [-0.2, -0.15) is 0 Å². The fraction of sp³-hybridized carbons (Fsp3) is 0.571. The summed E-state index contributed by atoms with van der Waals surface area (Å²) in [4.78, 5) is 20.1. The van der Waals surface area contributed by atoms with Crippen LogP contribution in [0.25, 0.3) is 0 Å². The topological polar surface area (TPSA) is 45.7 Å². The number of carbonyl (C=O) groups excluding carboxylic acids is 1. The van der Waals surface area contributed by atoms with Gasteiger partial charge in [-0.1, -0.05) is 0 Å². The summed E-state index contributed by atoms with van der Waals surface area (Å²) >= 11 is 0. The number of aromatic nitrogens is 1. The molecule has 1 saturated heterocycles. The second-order valence-corrected chi connectivity index (χ2v) is 5.10. The van der Waals surface area contributed by atoms with Crippen molar-refractivity contribution in [2.24, 2.45) is 0 Å². The van der Waals surface area contributed by atoms with Crippen LogP contribution in [0.5, 0.6) is 0 Å². The zero-order valence-electron chi connectivity index (χ0n) is 11.8. The Balaban J connectivity index is 1.90. The number of pyridine rings is 1. The van der Waals surface area contributed by atoms with Crippen LogP contribution in [0.4, 0.5) is 10.6 Å². The van der Waals surface area contributed by atoms with Crippen LogP contribution in [0.15, 0.2) is 18.3 Å². The molecule has 5 nitrogen and oxygen atoms in total. The number of anilines is 1. The molecule has 5 heteroatoms. The molecule has 0 radical (unpaired) electrons. The second kappa shape index (κ2) is 5.91. The highest BCUT2D eigenvalue weighted by molar-refractivity contribution is 5.68. The van der Waals surface area contributed by atoms with Crippen LogP contribution in [-0.2, 0) is 4.74 Å². The summed E-state index contributed by atoms with van der Waals surface area (Å²) in [6.07, 6.45) is 1.54. The number of carbonyl (C=O) groups is 1. The first-order valence-electron chi connectivity index (χ1n) is 6.69. The van der Waals surface area contributed by atoms with Crippen molar-refractivity contribution < 1.29 is 9.53 Å². The van der Waals surface area contributed by atoms with Crippen LogP contribution in [-0.4, -0.2) is 48.3 Å². The van der Waals surface area contributed by atoms with Gasteiger partial charge in [0.05, 0.1) is 6.10 Å². The van der Waals surface area contributed by atoms with E-state index in [1.165, 1.54) is 5.56 Å². The molecule has 1 aromatic rings. The van der Waals surface area contributed by atoms with E-state index in [-0.39, 0.29) is 12.2 Å². The molecule has 104 valence electrons. The number of hydrogen-bond donors (Lipinski definition) is 0. The Morgan fingerprint density at radius 3 is 2.58 bits per heavy atom. The third kappa shape index (κ3) is 3.59. The predicted molar refractivity (Wildman–Crippen MR) is 74.4 cm³/mol. The highest BCUT2D eigenvalue weighted by atomic mass is 16.6. The van der Waals surface area contributed by atoms with Crippen molar-refractivity contribution in [3.63, 3.8) is 0 Å². The summed E-state index contributed by atoms with van der Waals surface area (Å²) in [5.74, 6) is 0.983. The number of hydrogen-bond acceptors (Lipinski definition) is 4. The maximum absolute atomic E-state index is 11.8. The lowest BCUT2D eigenvalue weighted by atomic mass is 10.2. The van der Waals surface area contributed by atoms with Crippen molar-refractivity contribution in [1.29, 1.82) is 0 Å². The minimum atomic E-state index is -0.216. The number of rotatable bonds is 2. The molecule has 1 aromatic heterocycles. The Morgan fingerprint density at radius 2 is 2.00 bits per heavy atom. The molecule has 1 aliphatic heterocycles. The molecule has 2 rings (SSSR count). The molecule has 0 unspecified atom stereocenters. The third-order valence-electron chi connectivity index (χ3n) is 3.10. The van der Waals surface area contributed by atoms with Crippen molar-refractivity contribution in [1.82, 2.24) is 9.88 Å². The molecule has 0 spiro atoms. The van der Waals surface area contributed by atoms with Gasteiger partial charge in [-0.3, -0.25) is 0 Å². The highest BCUT2D eigenvalue weighted by Gasteiger charge is 2.23. The van der Waals surface area contributed by atoms with Crippen LogP contribution in [0.1, 0.15) is 19.4 Å². The van der Waals surface area contributed by atoms with Crippen LogP contribution < -0.4 is 4.90 Å². The number of piperazine rings is 1. The number of nitrogens with zero attached hydrogens (tertiary/aromatic N) is 3. The van der Waals surface area contributed by atoms with E-state index in [1.807, 2.05) is 26.1 Å². The predicted octanol–water partition coefficient (Wildman–Crippen LogP) is 2.06. The Labute approximate surface area is 114 Å². The van der Waals surface area contributed by atoms with E-state index < -0.39 is 0 Å². The zero-order chi connectivity index (χ0) is 13.8. The standard InChI is InChI=1S/C14H21N3O2/c1-11(2)19-14(18)17-8-6-16(7-9-17)13-10-12(3)4-5-15-13/h4-5,10-11H,6-9H2,1-3H3. The molecule has 0 N–H and O–H groups in total. The van der Waals surface area contributed by atoms with E-state index in [0.717, 1.165) is 18.9 Å². The lowest BCUT2D eigenvalue weighted by molar-refractivity contribution is 0.0751. The summed E-state index contributed by atoms with van der Waals surface area (Å²) in [5.41, 5.74) is 1.20. The minimum Gasteiger partial charge on any atom is -0.447 e. The lowest BCUT2D eigenvalue weighted by Crippen LogP contribution is -2.49. The molecule has 0 bridgehead atoms. The Kier molecular flexibility index (Phi) is 4.24. The van der Waals surface area contributed by atoms with E-state index in [2.05, 4.69) is 22.9 Å². The average molecular weight is 263 g/mol. The summed E-state index contributed by atoms with van der Waals surface area (Å²) < 4.78 is 5.20. The van der Waals surface area contributed by atoms with Gasteiger partial charge >= 0.3 is 6.09 Å². The SMILES string of the molecule is Cc1ccnc(N2CCN(C(=O)OC(C)C)CC2)c1. The normalized spacial score (nSPS) is 15.8. The summed E-state index contributed by atoms with van der Waals surface area (Å²) in [6, 6.07) is 4.06. The van der Waals surface area contributed by atoms with Gasteiger partial charge in [-0.25, -0.2) is 9.78 Å². The van der Waals surface area contributed by atoms with Crippen LogP contribution >= 0.6 is 0 Å². The molecule has 0 atom stereocenters. The van der Waals surface area contributed by atoms with Gasteiger partial charge in [-0.15, -0.1) is 0 Å². The molecular weight excluding hydrogens is 242 g/mol. The minimum absolute atomic E-state index is 0.0658. The van der Waals surface area contributed by atoms with Gasteiger partial charge in [0.1, 0.15) is 5.82 Å². The van der Waals surface area contributed by atoms with Gasteiger partial charge in [0, 0.05) is 32.4 Å². The van der Waals surface area contributed by atoms with Crippen molar-refractivity contribution in [2.45, 2.75) is 26.9 Å². The summed E-state index contributed by atoms with van der Waals surface area (Å²) in [6.45, 7) is 8.74. The maximum Gasteiger partial charge on any atom is 0.410 e. The van der Waals surface area contributed by atoms with Gasteiger partial charge in [0.2, 0.25) is 0 Å². The fourth-order valence-electron chi connectivity index (χ4n) is 2.09. The van der Waals surface area contributed by atoms with Crippen LogP contribution in [0, 0.1) is 6.92 Å². The molecule has 1 amide bonds. The van der Waals surface area contributed by atoms with E-state index in [0.29, 0.717) is 13.1 Å². The molecule has 0 aromatic carbocycles. The third-order valence-corrected chi connectivity index (χ3v) is 3.10. The molecule has 0 saturated carbocycles. The highest BCUT2D eigenvalue weighted by Crippen LogP contribution is 2.15.